The monoisotopic (exact) mass is 468 g/mol. The van der Waals surface area contributed by atoms with E-state index in [1.54, 1.807) is 0 Å². The number of aromatic nitrogens is 3. The van der Waals surface area contributed by atoms with Gasteiger partial charge in [-0.15, -0.1) is 10.2 Å². The third-order valence-electron chi connectivity index (χ3n) is 3.90. The smallest absolute Gasteiger partial charge is 0.325 e. The molecule has 0 radical (unpaired) electrons. The van der Waals surface area contributed by atoms with Crippen LogP contribution in [-0.2, 0) is 17.1 Å². The molecule has 2 heterocycles. The van der Waals surface area contributed by atoms with Gasteiger partial charge in [0.05, 0.1) is 27.1 Å². The van der Waals surface area contributed by atoms with Crippen LogP contribution in [-0.4, -0.2) is 25.8 Å². The van der Waals surface area contributed by atoms with Gasteiger partial charge in [-0.25, -0.2) is 0 Å². The molecule has 1 unspecified atom stereocenters. The van der Waals surface area contributed by atoms with Gasteiger partial charge in [0.1, 0.15) is 0 Å². The van der Waals surface area contributed by atoms with Gasteiger partial charge in [-0.05, 0) is 25.1 Å². The molecule has 0 saturated carbocycles. The number of hydrogen-bond donors (Lipinski definition) is 1. The van der Waals surface area contributed by atoms with E-state index in [9.17, 15) is 31.1 Å². The van der Waals surface area contributed by atoms with Crippen molar-refractivity contribution >= 4 is 40.6 Å². The predicted molar refractivity (Wildman–Crippen MR) is 98.4 cm³/mol. The van der Waals surface area contributed by atoms with Gasteiger partial charge in [0.2, 0.25) is 5.91 Å². The van der Waals surface area contributed by atoms with Gasteiger partial charge < -0.3 is 5.32 Å². The molecular formula is C17H11ClF6N4OS. The maximum absolute atomic E-state index is 13.1. The molecule has 13 heteroatoms. The lowest BCUT2D eigenvalue weighted by Crippen LogP contribution is -2.24. The summed E-state index contributed by atoms with van der Waals surface area (Å²) in [5, 5.41) is 8.23. The van der Waals surface area contributed by atoms with Crippen molar-refractivity contribution in [3.63, 3.8) is 0 Å². The first-order chi connectivity index (χ1) is 13.9. The zero-order chi connectivity index (χ0) is 22.3. The fourth-order valence-electron chi connectivity index (χ4n) is 2.45. The van der Waals surface area contributed by atoms with Crippen LogP contribution in [0.2, 0.25) is 5.02 Å². The van der Waals surface area contributed by atoms with Crippen molar-refractivity contribution in [3.8, 4) is 0 Å². The van der Waals surface area contributed by atoms with Crippen LogP contribution in [0, 0.1) is 0 Å². The topological polar surface area (TPSA) is 59.3 Å². The molecule has 0 aliphatic heterocycles. The van der Waals surface area contributed by atoms with E-state index in [0.717, 1.165) is 34.5 Å². The number of anilines is 1. The summed E-state index contributed by atoms with van der Waals surface area (Å²) < 4.78 is 79.3. The number of halogens is 7. The van der Waals surface area contributed by atoms with Gasteiger partial charge in [-0.2, -0.15) is 26.3 Å². The molecule has 2 aromatic heterocycles. The highest BCUT2D eigenvalue weighted by atomic mass is 35.5. The Morgan fingerprint density at radius 2 is 1.80 bits per heavy atom. The van der Waals surface area contributed by atoms with Crippen molar-refractivity contribution in [3.05, 3.63) is 52.7 Å². The van der Waals surface area contributed by atoms with Gasteiger partial charge in [0, 0.05) is 6.20 Å². The first-order valence-corrected chi connectivity index (χ1v) is 9.39. The van der Waals surface area contributed by atoms with Gasteiger partial charge in [0.15, 0.2) is 10.8 Å². The van der Waals surface area contributed by atoms with Crippen LogP contribution in [0.1, 0.15) is 18.1 Å². The molecule has 0 aliphatic rings. The van der Waals surface area contributed by atoms with Crippen LogP contribution in [0.4, 0.5) is 32.0 Å². The number of benzene rings is 1. The van der Waals surface area contributed by atoms with E-state index >= 15 is 0 Å². The van der Waals surface area contributed by atoms with Gasteiger partial charge in [-0.1, -0.05) is 35.5 Å². The number of carbonyl (C=O) groups excluding carboxylic acids is 1. The number of thioether (sulfide) groups is 1. The van der Waals surface area contributed by atoms with Gasteiger partial charge in [0.25, 0.3) is 0 Å². The molecule has 0 fully saturated rings. The predicted octanol–water partition coefficient (Wildman–Crippen LogP) is 5.54. The average molecular weight is 469 g/mol. The number of rotatable bonds is 4. The Morgan fingerprint density at radius 3 is 2.43 bits per heavy atom. The number of amides is 1. The van der Waals surface area contributed by atoms with Crippen molar-refractivity contribution in [2.24, 2.45) is 0 Å². The van der Waals surface area contributed by atoms with Crippen LogP contribution in [0.25, 0.3) is 5.65 Å². The second kappa shape index (κ2) is 7.99. The minimum Gasteiger partial charge on any atom is -0.325 e. The largest absolute Gasteiger partial charge is 0.418 e. The highest BCUT2D eigenvalue weighted by molar-refractivity contribution is 8.00. The summed E-state index contributed by atoms with van der Waals surface area (Å²) in [6, 6.07) is 5.13. The first kappa shape index (κ1) is 22.2. The number of pyridine rings is 1. The molecule has 3 rings (SSSR count). The Kier molecular flexibility index (Phi) is 5.92. The van der Waals surface area contributed by atoms with E-state index < -0.39 is 40.3 Å². The number of hydrogen-bond acceptors (Lipinski definition) is 4. The zero-order valence-corrected chi connectivity index (χ0v) is 16.4. The Balaban J connectivity index is 1.85. The molecule has 0 spiro atoms. The van der Waals surface area contributed by atoms with E-state index in [-0.39, 0.29) is 15.8 Å². The fourth-order valence-corrected chi connectivity index (χ4v) is 3.52. The first-order valence-electron chi connectivity index (χ1n) is 8.13. The molecule has 3 aromatic rings. The van der Waals surface area contributed by atoms with Gasteiger partial charge >= 0.3 is 12.4 Å². The SMILES string of the molecule is CC(Sc1nnc2c(Cl)cc(C(F)(F)F)cn12)C(=O)Nc1ccccc1C(F)(F)F. The maximum Gasteiger partial charge on any atom is 0.418 e. The molecule has 1 N–H and O–H groups in total. The number of carbonyl (C=O) groups is 1. The fraction of sp³-hybridized carbons (Fsp3) is 0.235. The molecule has 0 aliphatic carbocycles. The summed E-state index contributed by atoms with van der Waals surface area (Å²) in [4.78, 5) is 12.4. The number of nitrogens with one attached hydrogen (secondary N) is 1. The minimum absolute atomic E-state index is 0.0535. The molecule has 1 atom stereocenters. The van der Waals surface area contributed by atoms with E-state index in [1.165, 1.54) is 19.1 Å². The summed E-state index contributed by atoms with van der Waals surface area (Å²) in [5.41, 5.74) is -2.55. The molecule has 30 heavy (non-hydrogen) atoms. The molecule has 1 aromatic carbocycles. The summed E-state index contributed by atoms with van der Waals surface area (Å²) in [7, 11) is 0. The third kappa shape index (κ3) is 4.64. The summed E-state index contributed by atoms with van der Waals surface area (Å²) >= 11 is 6.55. The minimum atomic E-state index is -4.67. The van der Waals surface area contributed by atoms with Crippen LogP contribution in [0.5, 0.6) is 0 Å². The Bertz CT molecular complexity index is 1100. The summed E-state index contributed by atoms with van der Waals surface area (Å²) in [6.07, 6.45) is -8.62. The van der Waals surface area contributed by atoms with Crippen LogP contribution >= 0.6 is 23.4 Å². The molecular weight excluding hydrogens is 458 g/mol. The summed E-state index contributed by atoms with van der Waals surface area (Å²) in [5.74, 6) is -0.800. The second-order valence-electron chi connectivity index (χ2n) is 6.04. The molecule has 160 valence electrons. The lowest BCUT2D eigenvalue weighted by Gasteiger charge is -2.16. The number of alkyl halides is 6. The Labute approximate surface area is 174 Å². The van der Waals surface area contributed by atoms with E-state index in [2.05, 4.69) is 15.5 Å². The summed E-state index contributed by atoms with van der Waals surface area (Å²) in [6.45, 7) is 1.37. The van der Waals surface area contributed by atoms with E-state index in [0.29, 0.717) is 6.07 Å². The number of para-hydroxylation sites is 1. The number of nitrogens with zero attached hydrogens (tertiary/aromatic N) is 3. The van der Waals surface area contributed by atoms with Crippen molar-refractivity contribution in [1.29, 1.82) is 0 Å². The molecule has 1 amide bonds. The van der Waals surface area contributed by atoms with Crippen LogP contribution < -0.4 is 5.32 Å². The van der Waals surface area contributed by atoms with Crippen LogP contribution in [0.3, 0.4) is 0 Å². The van der Waals surface area contributed by atoms with E-state index in [1.807, 2.05) is 0 Å². The molecule has 5 nitrogen and oxygen atoms in total. The Morgan fingerprint density at radius 1 is 1.13 bits per heavy atom. The highest BCUT2D eigenvalue weighted by Gasteiger charge is 2.34. The quantitative estimate of drug-likeness (QED) is 0.403. The van der Waals surface area contributed by atoms with E-state index in [4.69, 9.17) is 11.6 Å². The average Bonchev–Trinajstić information content (AvgIpc) is 3.04. The lowest BCUT2D eigenvalue weighted by molar-refractivity contribution is -0.138. The second-order valence-corrected chi connectivity index (χ2v) is 7.76. The van der Waals surface area contributed by atoms with Gasteiger partial charge in [-0.3, -0.25) is 9.20 Å². The van der Waals surface area contributed by atoms with Crippen molar-refractivity contribution in [2.75, 3.05) is 5.32 Å². The highest BCUT2D eigenvalue weighted by Crippen LogP contribution is 2.36. The van der Waals surface area contributed by atoms with Crippen LogP contribution in [0.15, 0.2) is 41.7 Å². The Hall–Kier alpha value is -2.47. The maximum atomic E-state index is 13.1. The van der Waals surface area contributed by atoms with Crippen molar-refractivity contribution in [1.82, 2.24) is 14.6 Å². The zero-order valence-electron chi connectivity index (χ0n) is 14.8. The third-order valence-corrected chi connectivity index (χ3v) is 5.23. The van der Waals surface area contributed by atoms with Crippen molar-refractivity contribution in [2.45, 2.75) is 29.7 Å². The molecule has 0 saturated heterocycles. The normalized spacial score (nSPS) is 13.5. The standard InChI is InChI=1S/C17H11ClF6N4OS/c1-8(14(29)25-12-5-3-2-4-10(12)17(22,23)24)30-15-27-26-13-11(18)6-9(7-28(13)15)16(19,20)21/h2-8H,1H3,(H,25,29). The number of fused-ring (bicyclic) bond motifs is 1. The molecule has 0 bridgehead atoms. The van der Waals surface area contributed by atoms with Crippen molar-refractivity contribution < 1.29 is 31.1 Å². The lowest BCUT2D eigenvalue weighted by atomic mass is 10.1.